The van der Waals surface area contributed by atoms with E-state index < -0.39 is 5.97 Å². The Morgan fingerprint density at radius 1 is 1.16 bits per heavy atom. The lowest BCUT2D eigenvalue weighted by Gasteiger charge is -2.13. The van der Waals surface area contributed by atoms with E-state index in [1.54, 1.807) is 22.9 Å². The molecule has 1 atom stereocenters. The van der Waals surface area contributed by atoms with Gasteiger partial charge in [0.05, 0.1) is 0 Å². The standard InChI is InChI=1S/C19H19N3O3/c1-14(15-7-3-2-4-8-15)11-20-18(23)13-25-19(24)16-12-22-10-6-5-9-17(22)21-16/h2-10,12,14H,11,13H2,1H3,(H,20,23)/t14-/m1/s1. The number of pyridine rings is 1. The Morgan fingerprint density at radius 3 is 2.68 bits per heavy atom. The van der Waals surface area contributed by atoms with Gasteiger partial charge in [-0.25, -0.2) is 9.78 Å². The lowest BCUT2D eigenvalue weighted by Crippen LogP contribution is -2.31. The highest BCUT2D eigenvalue weighted by atomic mass is 16.5. The number of amides is 1. The van der Waals surface area contributed by atoms with Crippen molar-refractivity contribution < 1.29 is 14.3 Å². The van der Waals surface area contributed by atoms with Gasteiger partial charge in [0.2, 0.25) is 0 Å². The van der Waals surface area contributed by atoms with Crippen LogP contribution in [0.3, 0.4) is 0 Å². The predicted molar refractivity (Wildman–Crippen MR) is 93.3 cm³/mol. The molecule has 0 aliphatic heterocycles. The van der Waals surface area contributed by atoms with Crippen LogP contribution in [-0.4, -0.2) is 34.4 Å². The second kappa shape index (κ2) is 7.61. The first kappa shape index (κ1) is 16.7. The number of fused-ring (bicyclic) bond motifs is 1. The highest BCUT2D eigenvalue weighted by Crippen LogP contribution is 2.12. The third-order valence-corrected chi connectivity index (χ3v) is 3.88. The smallest absolute Gasteiger partial charge is 0.359 e. The zero-order chi connectivity index (χ0) is 17.6. The van der Waals surface area contributed by atoms with Crippen LogP contribution in [0.4, 0.5) is 0 Å². The molecule has 0 aliphatic rings. The zero-order valence-electron chi connectivity index (χ0n) is 13.9. The average molecular weight is 337 g/mol. The van der Waals surface area contributed by atoms with E-state index in [-0.39, 0.29) is 24.1 Å². The number of benzene rings is 1. The molecule has 0 unspecified atom stereocenters. The van der Waals surface area contributed by atoms with Crippen LogP contribution in [-0.2, 0) is 9.53 Å². The van der Waals surface area contributed by atoms with Crippen molar-refractivity contribution in [2.45, 2.75) is 12.8 Å². The van der Waals surface area contributed by atoms with Crippen molar-refractivity contribution in [1.29, 1.82) is 0 Å². The summed E-state index contributed by atoms with van der Waals surface area (Å²) in [6.45, 7) is 2.18. The summed E-state index contributed by atoms with van der Waals surface area (Å²) in [6, 6.07) is 15.4. The first-order chi connectivity index (χ1) is 12.1. The van der Waals surface area contributed by atoms with Crippen molar-refractivity contribution in [3.8, 4) is 0 Å². The molecule has 1 aromatic carbocycles. The molecule has 1 N–H and O–H groups in total. The van der Waals surface area contributed by atoms with Crippen LogP contribution >= 0.6 is 0 Å². The Bertz CT molecular complexity index is 841. The lowest BCUT2D eigenvalue weighted by atomic mass is 10.0. The number of esters is 1. The van der Waals surface area contributed by atoms with Crippen LogP contribution in [0.25, 0.3) is 5.65 Å². The predicted octanol–water partition coefficient (Wildman–Crippen LogP) is 2.41. The van der Waals surface area contributed by atoms with Gasteiger partial charge in [-0.1, -0.05) is 43.3 Å². The number of imidazole rings is 1. The molecule has 3 aromatic rings. The van der Waals surface area contributed by atoms with Crippen LogP contribution in [0.5, 0.6) is 0 Å². The van der Waals surface area contributed by atoms with E-state index >= 15 is 0 Å². The molecule has 0 spiro atoms. The molecule has 0 saturated heterocycles. The molecular formula is C19H19N3O3. The van der Waals surface area contributed by atoms with Crippen molar-refractivity contribution in [3.63, 3.8) is 0 Å². The molecule has 128 valence electrons. The summed E-state index contributed by atoms with van der Waals surface area (Å²) in [5.74, 6) is -0.769. The third-order valence-electron chi connectivity index (χ3n) is 3.88. The summed E-state index contributed by atoms with van der Waals surface area (Å²) in [5, 5.41) is 2.77. The summed E-state index contributed by atoms with van der Waals surface area (Å²) in [4.78, 5) is 28.0. The molecule has 6 nitrogen and oxygen atoms in total. The Balaban J connectivity index is 1.47. The summed E-state index contributed by atoms with van der Waals surface area (Å²) in [7, 11) is 0. The van der Waals surface area contributed by atoms with Crippen molar-refractivity contribution in [2.24, 2.45) is 0 Å². The van der Waals surface area contributed by atoms with Gasteiger partial charge in [0.15, 0.2) is 12.3 Å². The minimum absolute atomic E-state index is 0.177. The maximum absolute atomic E-state index is 12.0. The second-order valence-corrected chi connectivity index (χ2v) is 5.78. The van der Waals surface area contributed by atoms with Gasteiger partial charge < -0.3 is 14.5 Å². The number of hydrogen-bond donors (Lipinski definition) is 1. The van der Waals surface area contributed by atoms with Crippen LogP contribution in [0.1, 0.15) is 28.9 Å². The number of carbonyl (C=O) groups is 2. The Morgan fingerprint density at radius 2 is 1.92 bits per heavy atom. The molecule has 0 bridgehead atoms. The quantitative estimate of drug-likeness (QED) is 0.701. The third kappa shape index (κ3) is 4.23. The number of nitrogens with one attached hydrogen (secondary N) is 1. The second-order valence-electron chi connectivity index (χ2n) is 5.78. The van der Waals surface area contributed by atoms with Gasteiger partial charge in [-0.05, 0) is 23.6 Å². The van der Waals surface area contributed by atoms with E-state index in [4.69, 9.17) is 4.74 Å². The molecular weight excluding hydrogens is 318 g/mol. The first-order valence-corrected chi connectivity index (χ1v) is 8.06. The minimum Gasteiger partial charge on any atom is -0.451 e. The monoisotopic (exact) mass is 337 g/mol. The molecule has 2 aromatic heterocycles. The number of aromatic nitrogens is 2. The maximum Gasteiger partial charge on any atom is 0.359 e. The number of nitrogens with zero attached hydrogens (tertiary/aromatic N) is 2. The SMILES string of the molecule is C[C@H](CNC(=O)COC(=O)c1cn2ccccc2n1)c1ccccc1. The molecule has 0 saturated carbocycles. The van der Waals surface area contributed by atoms with Crippen molar-refractivity contribution in [1.82, 2.24) is 14.7 Å². The molecule has 25 heavy (non-hydrogen) atoms. The van der Waals surface area contributed by atoms with E-state index in [1.807, 2.05) is 49.4 Å². The van der Waals surface area contributed by atoms with Gasteiger partial charge in [0.25, 0.3) is 5.91 Å². The highest BCUT2D eigenvalue weighted by Gasteiger charge is 2.14. The topological polar surface area (TPSA) is 72.7 Å². The van der Waals surface area contributed by atoms with Gasteiger partial charge in [-0.2, -0.15) is 0 Å². The van der Waals surface area contributed by atoms with E-state index in [1.165, 1.54) is 0 Å². The van der Waals surface area contributed by atoms with Crippen LogP contribution < -0.4 is 5.32 Å². The summed E-state index contributed by atoms with van der Waals surface area (Å²) < 4.78 is 6.75. The van der Waals surface area contributed by atoms with Crippen LogP contribution in [0.15, 0.2) is 60.9 Å². The largest absolute Gasteiger partial charge is 0.451 e. The zero-order valence-corrected chi connectivity index (χ0v) is 13.9. The fourth-order valence-electron chi connectivity index (χ4n) is 2.46. The van der Waals surface area contributed by atoms with Crippen LogP contribution in [0.2, 0.25) is 0 Å². The van der Waals surface area contributed by atoms with Gasteiger partial charge in [-0.3, -0.25) is 4.79 Å². The molecule has 3 rings (SSSR count). The van der Waals surface area contributed by atoms with Gasteiger partial charge in [0, 0.05) is 18.9 Å². The van der Waals surface area contributed by atoms with E-state index in [2.05, 4.69) is 10.3 Å². The summed E-state index contributed by atoms with van der Waals surface area (Å²) in [5.41, 5.74) is 1.97. The normalized spacial score (nSPS) is 11.9. The van der Waals surface area contributed by atoms with Gasteiger partial charge >= 0.3 is 5.97 Å². The number of hydrogen-bond acceptors (Lipinski definition) is 4. The number of rotatable bonds is 6. The maximum atomic E-state index is 12.0. The molecule has 2 heterocycles. The van der Waals surface area contributed by atoms with E-state index in [0.717, 1.165) is 5.56 Å². The van der Waals surface area contributed by atoms with Crippen molar-refractivity contribution in [3.05, 3.63) is 72.2 Å². The Kier molecular flexibility index (Phi) is 5.09. The summed E-state index contributed by atoms with van der Waals surface area (Å²) >= 11 is 0. The molecule has 0 radical (unpaired) electrons. The van der Waals surface area contributed by atoms with Gasteiger partial charge in [-0.15, -0.1) is 0 Å². The fraction of sp³-hybridized carbons (Fsp3) is 0.211. The fourth-order valence-corrected chi connectivity index (χ4v) is 2.46. The van der Waals surface area contributed by atoms with Crippen molar-refractivity contribution >= 4 is 17.5 Å². The average Bonchev–Trinajstić information content (AvgIpc) is 3.09. The number of ether oxygens (including phenoxy) is 1. The molecule has 1 amide bonds. The Hall–Kier alpha value is -3.15. The molecule has 0 aliphatic carbocycles. The van der Waals surface area contributed by atoms with Crippen molar-refractivity contribution in [2.75, 3.05) is 13.2 Å². The van der Waals surface area contributed by atoms with Crippen LogP contribution in [0, 0.1) is 0 Å². The first-order valence-electron chi connectivity index (χ1n) is 8.06. The molecule has 6 heteroatoms. The van der Waals surface area contributed by atoms with E-state index in [0.29, 0.717) is 12.2 Å². The highest BCUT2D eigenvalue weighted by molar-refractivity contribution is 5.90. The molecule has 0 fully saturated rings. The Labute approximate surface area is 145 Å². The van der Waals surface area contributed by atoms with E-state index in [9.17, 15) is 9.59 Å². The summed E-state index contributed by atoms with van der Waals surface area (Å²) in [6.07, 6.45) is 3.36. The lowest BCUT2D eigenvalue weighted by molar-refractivity contribution is -0.124. The minimum atomic E-state index is -0.616. The number of carbonyl (C=O) groups excluding carboxylic acids is 2. The van der Waals surface area contributed by atoms with Gasteiger partial charge in [0.1, 0.15) is 5.65 Å².